The van der Waals surface area contributed by atoms with Crippen LogP contribution in [0.25, 0.3) is 20.4 Å². The van der Waals surface area contributed by atoms with Gasteiger partial charge >= 0.3 is 7.12 Å². The van der Waals surface area contributed by atoms with Crippen molar-refractivity contribution in [1.29, 1.82) is 0 Å². The molecule has 5 heterocycles. The number of hydrogen-bond acceptors (Lipinski definition) is 8. The number of thiazole rings is 2. The van der Waals surface area contributed by atoms with Gasteiger partial charge in [0.1, 0.15) is 13.3 Å². The van der Waals surface area contributed by atoms with Crippen LogP contribution in [0.15, 0.2) is 36.4 Å². The molecule has 3 fully saturated rings. The van der Waals surface area contributed by atoms with Gasteiger partial charge < -0.3 is 19.1 Å². The summed E-state index contributed by atoms with van der Waals surface area (Å²) in [7, 11) is -0.353. The van der Waals surface area contributed by atoms with Crippen molar-refractivity contribution in [3.8, 4) is 0 Å². The molecule has 0 radical (unpaired) electrons. The van der Waals surface area contributed by atoms with Crippen molar-refractivity contribution in [2.45, 2.75) is 76.4 Å². The van der Waals surface area contributed by atoms with E-state index in [9.17, 15) is 8.78 Å². The maximum atomic E-state index is 12.5. The van der Waals surface area contributed by atoms with E-state index in [0.717, 1.165) is 73.4 Å². The van der Waals surface area contributed by atoms with E-state index in [4.69, 9.17) is 30.9 Å². The van der Waals surface area contributed by atoms with E-state index >= 15 is 0 Å². The summed E-state index contributed by atoms with van der Waals surface area (Å²) in [6.07, 6.45) is 4.27. The zero-order valence-electron chi connectivity index (χ0n) is 27.2. The van der Waals surface area contributed by atoms with Gasteiger partial charge in [-0.3, -0.25) is 0 Å². The normalized spacial score (nSPS) is 21.2. The molecule has 0 aliphatic carbocycles. The number of piperidine rings is 2. The minimum absolute atomic E-state index is 0.246. The zero-order chi connectivity index (χ0) is 32.5. The molecule has 3 aliphatic rings. The molecule has 12 heteroatoms. The van der Waals surface area contributed by atoms with Crippen LogP contribution >= 0.6 is 34.3 Å². The van der Waals surface area contributed by atoms with E-state index in [0.29, 0.717) is 24.9 Å². The van der Waals surface area contributed by atoms with E-state index in [1.165, 1.54) is 19.4 Å². The number of rotatable bonds is 7. The third kappa shape index (κ3) is 7.61. The highest BCUT2D eigenvalue weighted by atomic mass is 35.5. The highest BCUT2D eigenvalue weighted by Crippen LogP contribution is 2.38. The van der Waals surface area contributed by atoms with Crippen molar-refractivity contribution >= 4 is 67.3 Å². The Kier molecular flexibility index (Phi) is 10.7. The van der Waals surface area contributed by atoms with Crippen LogP contribution in [0, 0.1) is 0 Å². The second-order valence-corrected chi connectivity index (χ2v) is 16.2. The molecule has 6 nitrogen and oxygen atoms in total. The molecule has 248 valence electrons. The van der Waals surface area contributed by atoms with Crippen LogP contribution in [0.5, 0.6) is 0 Å². The minimum atomic E-state index is -0.353. The number of fused-ring (bicyclic) bond motifs is 2. The molecule has 0 amide bonds. The van der Waals surface area contributed by atoms with Crippen LogP contribution < -0.4 is 5.46 Å². The number of nitrogens with zero attached hydrogens (tertiary/aromatic N) is 4. The fourth-order valence-corrected chi connectivity index (χ4v) is 8.80. The minimum Gasteiger partial charge on any atom is -0.399 e. The van der Waals surface area contributed by atoms with E-state index < -0.39 is 0 Å². The Morgan fingerprint density at radius 1 is 0.761 bits per heavy atom. The molecule has 3 saturated heterocycles. The Hall–Kier alpha value is -1.73. The lowest BCUT2D eigenvalue weighted by molar-refractivity contribution is 0.00578. The predicted molar refractivity (Wildman–Crippen MR) is 189 cm³/mol. The van der Waals surface area contributed by atoms with Crippen LogP contribution in [0.4, 0.5) is 8.78 Å². The maximum Gasteiger partial charge on any atom is 0.494 e. The van der Waals surface area contributed by atoms with E-state index in [1.807, 2.05) is 18.2 Å². The summed E-state index contributed by atoms with van der Waals surface area (Å²) in [6, 6.07) is 12.2. The fraction of sp³-hybridized carbons (Fsp3) is 0.588. The topological polar surface area (TPSA) is 50.7 Å². The first-order valence-corrected chi connectivity index (χ1v) is 18.4. The van der Waals surface area contributed by atoms with Gasteiger partial charge in [0, 0.05) is 29.9 Å². The van der Waals surface area contributed by atoms with Crippen LogP contribution in [-0.2, 0) is 9.31 Å². The lowest BCUT2D eigenvalue weighted by Crippen LogP contribution is -2.41. The largest absolute Gasteiger partial charge is 0.494 e. The third-order valence-corrected chi connectivity index (χ3v) is 12.6. The predicted octanol–water partition coefficient (Wildman–Crippen LogP) is 7.84. The molecule has 0 N–H and O–H groups in total. The van der Waals surface area contributed by atoms with Crippen molar-refractivity contribution in [3.05, 3.63) is 51.4 Å². The monoisotopic (exact) mass is 688 g/mol. The molecule has 0 unspecified atom stereocenters. The molecular weight excluding hydrogens is 645 g/mol. The first kappa shape index (κ1) is 34.1. The number of aromatic nitrogens is 2. The van der Waals surface area contributed by atoms with Gasteiger partial charge in [-0.05, 0) is 115 Å². The summed E-state index contributed by atoms with van der Waals surface area (Å²) in [6.45, 7) is 12.8. The first-order chi connectivity index (χ1) is 22.0. The molecule has 0 atom stereocenters. The van der Waals surface area contributed by atoms with Crippen molar-refractivity contribution < 1.29 is 18.1 Å². The average Bonchev–Trinajstić information content (AvgIpc) is 3.71. The van der Waals surface area contributed by atoms with Crippen molar-refractivity contribution in [2.24, 2.45) is 0 Å². The summed E-state index contributed by atoms with van der Waals surface area (Å²) in [5, 5.41) is 3.15. The van der Waals surface area contributed by atoms with Gasteiger partial charge in [-0.15, -0.1) is 22.7 Å². The molecule has 2 aromatic carbocycles. The van der Waals surface area contributed by atoms with Crippen LogP contribution in [0.1, 0.15) is 75.2 Å². The standard InChI is InChI=1S/C20H28BFN2O2S.C14H16ClFN2S/c1-19(2)20(3,4)26-21(25-19)15-5-6-17-16(13-15)23-18(27-17)14-7-10-24(11-8-14)12-9-22;15-11-1-2-13-12(9-11)17-14(19-13)10-3-6-18(7-4-10)8-5-16/h5-6,13-14H,7-12H2,1-4H3;1-2,9-10H,3-8H2. The van der Waals surface area contributed by atoms with Gasteiger partial charge in [0.25, 0.3) is 0 Å². The van der Waals surface area contributed by atoms with Gasteiger partial charge in [0.05, 0.1) is 41.7 Å². The first-order valence-electron chi connectivity index (χ1n) is 16.4. The second kappa shape index (κ2) is 14.4. The second-order valence-electron chi connectivity index (χ2n) is 13.6. The molecule has 2 aromatic heterocycles. The molecule has 0 spiro atoms. The van der Waals surface area contributed by atoms with Gasteiger partial charge in [-0.2, -0.15) is 0 Å². The molecular formula is C34H44BClF2N4O2S2. The number of hydrogen-bond donors (Lipinski definition) is 0. The highest BCUT2D eigenvalue weighted by Gasteiger charge is 2.51. The number of likely N-dealkylation sites (tertiary alicyclic amines) is 2. The van der Waals surface area contributed by atoms with E-state index in [-0.39, 0.29) is 31.7 Å². The van der Waals surface area contributed by atoms with Crippen LogP contribution in [0.3, 0.4) is 0 Å². The van der Waals surface area contributed by atoms with Crippen molar-refractivity contribution in [2.75, 3.05) is 52.6 Å². The van der Waals surface area contributed by atoms with Gasteiger partial charge in [-0.25, -0.2) is 18.7 Å². The van der Waals surface area contributed by atoms with Crippen molar-refractivity contribution in [1.82, 2.24) is 19.8 Å². The van der Waals surface area contributed by atoms with Crippen LogP contribution in [-0.4, -0.2) is 90.7 Å². The fourth-order valence-electron chi connectivity index (χ4n) is 6.40. The summed E-state index contributed by atoms with van der Waals surface area (Å²) in [5.74, 6) is 1.01. The lowest BCUT2D eigenvalue weighted by atomic mass is 9.79. The van der Waals surface area contributed by atoms with E-state index in [2.05, 4.69) is 55.7 Å². The van der Waals surface area contributed by atoms with Crippen molar-refractivity contribution in [3.63, 3.8) is 0 Å². The Morgan fingerprint density at radius 3 is 1.70 bits per heavy atom. The number of benzene rings is 2. The Labute approximate surface area is 284 Å². The Balaban J connectivity index is 0.000000172. The SMILES string of the molecule is CC1(C)OB(c2ccc3sc(C4CCN(CCF)CC4)nc3c2)OC1(C)C.FCCN1CCC(c2nc3cc(Cl)ccc3s2)CC1. The highest BCUT2D eigenvalue weighted by molar-refractivity contribution is 7.19. The molecule has 0 saturated carbocycles. The summed E-state index contributed by atoms with van der Waals surface area (Å²) >= 11 is 9.54. The number of halogens is 3. The van der Waals surface area contributed by atoms with E-state index in [1.54, 1.807) is 22.7 Å². The van der Waals surface area contributed by atoms with Gasteiger partial charge in [-0.1, -0.05) is 17.7 Å². The summed E-state index contributed by atoms with van der Waals surface area (Å²) in [4.78, 5) is 14.0. The average molecular weight is 689 g/mol. The molecule has 3 aliphatic heterocycles. The summed E-state index contributed by atoms with van der Waals surface area (Å²) < 4.78 is 39.6. The van der Waals surface area contributed by atoms with Crippen LogP contribution in [0.2, 0.25) is 5.02 Å². The third-order valence-electron chi connectivity index (χ3n) is 9.99. The molecule has 7 rings (SSSR count). The quantitative estimate of drug-likeness (QED) is 0.185. The number of alkyl halides is 2. The zero-order valence-corrected chi connectivity index (χ0v) is 29.6. The van der Waals surface area contributed by atoms with Gasteiger partial charge in [0.2, 0.25) is 0 Å². The molecule has 46 heavy (non-hydrogen) atoms. The molecule has 0 bridgehead atoms. The smallest absolute Gasteiger partial charge is 0.399 e. The maximum absolute atomic E-state index is 12.5. The Bertz CT molecular complexity index is 1600. The van der Waals surface area contributed by atoms with Gasteiger partial charge in [0.15, 0.2) is 0 Å². The lowest BCUT2D eigenvalue weighted by Gasteiger charge is -2.32. The Morgan fingerprint density at radius 2 is 1.22 bits per heavy atom. The molecule has 4 aromatic rings. The summed E-state index contributed by atoms with van der Waals surface area (Å²) in [5.41, 5.74) is 2.36.